The second kappa shape index (κ2) is 5.66. The molecule has 6 nitrogen and oxygen atoms in total. The summed E-state index contributed by atoms with van der Waals surface area (Å²) >= 11 is 0. The number of pyridine rings is 1. The molecule has 0 spiro atoms. The fourth-order valence-electron chi connectivity index (χ4n) is 3.08. The molecule has 0 saturated heterocycles. The van der Waals surface area contributed by atoms with Gasteiger partial charge < -0.3 is 5.01 Å². The lowest BCUT2D eigenvalue weighted by Crippen LogP contribution is -2.52. The van der Waals surface area contributed by atoms with Crippen molar-refractivity contribution in [1.82, 2.24) is 4.68 Å². The molecular weight excluding hydrogens is 316 g/mol. The number of hydrogen-bond donors (Lipinski definition) is 0. The molecule has 2 aromatic rings. The van der Waals surface area contributed by atoms with Gasteiger partial charge in [0, 0.05) is 38.5 Å². The maximum Gasteiger partial charge on any atom is 0.405 e. The van der Waals surface area contributed by atoms with Crippen molar-refractivity contribution >= 4 is 23.9 Å². The van der Waals surface area contributed by atoms with E-state index in [1.54, 1.807) is 48.2 Å². The average molecular weight is 333 g/mol. The highest BCUT2D eigenvalue weighted by molar-refractivity contribution is 5.91. The Balaban J connectivity index is 1.88. The second-order valence-electron chi connectivity index (χ2n) is 6.15. The van der Waals surface area contributed by atoms with Gasteiger partial charge in [-0.3, -0.25) is 9.79 Å². The normalized spacial score (nSPS) is 18.2. The average Bonchev–Trinajstić information content (AvgIpc) is 2.62. The molecule has 0 saturated carbocycles. The summed E-state index contributed by atoms with van der Waals surface area (Å²) in [6.07, 6.45) is 6.97. The SMILES string of the molecule is CN(C)n1ccc2c(c1=O)=CC1C(=O)[N+](c3ccccc3)=CC=C1N=2. The van der Waals surface area contributed by atoms with Crippen LogP contribution in [0.4, 0.5) is 5.69 Å². The van der Waals surface area contributed by atoms with Gasteiger partial charge in [0.1, 0.15) is 5.92 Å². The lowest BCUT2D eigenvalue weighted by molar-refractivity contribution is -0.365. The van der Waals surface area contributed by atoms with Crippen LogP contribution in [-0.2, 0) is 4.79 Å². The molecule has 0 N–H and O–H groups in total. The smallest absolute Gasteiger partial charge is 0.316 e. The maximum absolute atomic E-state index is 12.9. The molecule has 6 heteroatoms. The molecule has 1 unspecified atom stereocenters. The van der Waals surface area contributed by atoms with E-state index in [-0.39, 0.29) is 11.5 Å². The third-order valence-corrected chi connectivity index (χ3v) is 4.35. The Morgan fingerprint density at radius 1 is 1.12 bits per heavy atom. The number of hydrogen-bond acceptors (Lipinski definition) is 4. The van der Waals surface area contributed by atoms with Gasteiger partial charge in [-0.05, 0) is 12.1 Å². The third kappa shape index (κ3) is 2.42. The molecule has 1 aromatic carbocycles. The standard InChI is InChI=1S/C19H17N4O2/c1-21(2)23-11-9-17-15(19(23)25)12-14-16(20-17)8-10-22(18(14)24)13-6-4-3-5-7-13/h3-12,14H,1-2H3/q+1. The van der Waals surface area contributed by atoms with Crippen LogP contribution in [0.25, 0.3) is 6.08 Å². The van der Waals surface area contributed by atoms with E-state index in [1.807, 2.05) is 36.4 Å². The van der Waals surface area contributed by atoms with Crippen LogP contribution in [0.3, 0.4) is 0 Å². The van der Waals surface area contributed by atoms with Crippen molar-refractivity contribution in [2.45, 2.75) is 0 Å². The van der Waals surface area contributed by atoms with Gasteiger partial charge in [-0.25, -0.2) is 9.47 Å². The Hall–Kier alpha value is -3.28. The molecule has 1 amide bonds. The van der Waals surface area contributed by atoms with E-state index >= 15 is 0 Å². The highest BCUT2D eigenvalue weighted by atomic mass is 16.2. The molecule has 4 rings (SSSR count). The molecule has 1 aromatic heterocycles. The zero-order valence-corrected chi connectivity index (χ0v) is 14.0. The van der Waals surface area contributed by atoms with Gasteiger partial charge in [0.15, 0.2) is 6.21 Å². The lowest BCUT2D eigenvalue weighted by Gasteiger charge is -2.18. The van der Waals surface area contributed by atoms with Crippen LogP contribution in [-0.4, -0.2) is 35.5 Å². The largest absolute Gasteiger partial charge is 0.405 e. The summed E-state index contributed by atoms with van der Waals surface area (Å²) in [5.74, 6) is -0.666. The minimum absolute atomic E-state index is 0.113. The molecule has 124 valence electrons. The quantitative estimate of drug-likeness (QED) is 0.722. The summed E-state index contributed by atoms with van der Waals surface area (Å²) in [6, 6.07) is 11.2. The maximum atomic E-state index is 12.9. The van der Waals surface area contributed by atoms with Crippen molar-refractivity contribution in [3.63, 3.8) is 0 Å². The van der Waals surface area contributed by atoms with Gasteiger partial charge in [0.25, 0.3) is 5.56 Å². The summed E-state index contributed by atoms with van der Waals surface area (Å²) in [7, 11) is 3.58. The van der Waals surface area contributed by atoms with Gasteiger partial charge >= 0.3 is 5.91 Å². The van der Waals surface area contributed by atoms with E-state index in [0.717, 1.165) is 5.69 Å². The van der Waals surface area contributed by atoms with Gasteiger partial charge in [-0.15, -0.1) is 4.58 Å². The second-order valence-corrected chi connectivity index (χ2v) is 6.15. The number of benzene rings is 1. The predicted molar refractivity (Wildman–Crippen MR) is 95.0 cm³/mol. The number of rotatable bonds is 2. The van der Waals surface area contributed by atoms with E-state index < -0.39 is 5.92 Å². The van der Waals surface area contributed by atoms with Crippen LogP contribution < -0.4 is 21.1 Å². The molecule has 1 atom stereocenters. The zero-order valence-electron chi connectivity index (χ0n) is 14.0. The Labute approximate surface area is 144 Å². The fourth-order valence-corrected chi connectivity index (χ4v) is 3.08. The van der Waals surface area contributed by atoms with Gasteiger partial charge in [-0.2, -0.15) is 0 Å². The first-order valence-corrected chi connectivity index (χ1v) is 7.99. The van der Waals surface area contributed by atoms with Crippen LogP contribution in [0.5, 0.6) is 0 Å². The van der Waals surface area contributed by atoms with Crippen LogP contribution in [0.15, 0.2) is 64.2 Å². The molecular formula is C19H17N4O2+. The minimum Gasteiger partial charge on any atom is -0.316 e. The molecule has 25 heavy (non-hydrogen) atoms. The zero-order chi connectivity index (χ0) is 17.6. The van der Waals surface area contributed by atoms with Crippen molar-refractivity contribution in [1.29, 1.82) is 0 Å². The van der Waals surface area contributed by atoms with E-state index in [4.69, 9.17) is 0 Å². The van der Waals surface area contributed by atoms with Crippen LogP contribution in [0.1, 0.15) is 0 Å². The van der Waals surface area contributed by atoms with Gasteiger partial charge in [-0.1, -0.05) is 18.2 Å². The topological polar surface area (TPSA) is 57.7 Å². The third-order valence-electron chi connectivity index (χ3n) is 4.35. The molecule has 0 bridgehead atoms. The van der Waals surface area contributed by atoms with E-state index in [1.165, 1.54) is 4.68 Å². The highest BCUT2D eigenvalue weighted by Crippen LogP contribution is 2.23. The Morgan fingerprint density at radius 3 is 2.60 bits per heavy atom. The number of amides is 1. The van der Waals surface area contributed by atoms with Crippen LogP contribution in [0, 0.1) is 5.92 Å². The number of para-hydroxylation sites is 1. The number of carbonyl (C=O) groups is 1. The van der Waals surface area contributed by atoms with Crippen molar-refractivity contribution in [3.8, 4) is 0 Å². The molecule has 3 heterocycles. The molecule has 2 aliphatic rings. The lowest BCUT2D eigenvalue weighted by atomic mass is 9.97. The van der Waals surface area contributed by atoms with E-state index in [0.29, 0.717) is 16.3 Å². The van der Waals surface area contributed by atoms with Gasteiger partial charge in [0.2, 0.25) is 5.69 Å². The van der Waals surface area contributed by atoms with Gasteiger partial charge in [0.05, 0.1) is 16.3 Å². The fraction of sp³-hybridized carbons (Fsp3) is 0.158. The number of carbonyl (C=O) groups excluding carboxylic acids is 1. The van der Waals surface area contributed by atoms with E-state index in [9.17, 15) is 9.59 Å². The monoisotopic (exact) mass is 333 g/mol. The van der Waals surface area contributed by atoms with E-state index in [2.05, 4.69) is 4.99 Å². The first-order valence-electron chi connectivity index (χ1n) is 7.99. The van der Waals surface area contributed by atoms with Crippen molar-refractivity contribution < 1.29 is 9.37 Å². The summed E-state index contributed by atoms with van der Waals surface area (Å²) < 4.78 is 3.09. The first-order chi connectivity index (χ1) is 12.1. The molecule has 0 aliphatic carbocycles. The molecule has 0 radical (unpaired) electrons. The predicted octanol–water partition coefficient (Wildman–Crippen LogP) is -0.0851. The van der Waals surface area contributed by atoms with Crippen molar-refractivity contribution in [2.24, 2.45) is 10.9 Å². The number of aromatic nitrogens is 1. The highest BCUT2D eigenvalue weighted by Gasteiger charge is 2.36. The van der Waals surface area contributed by atoms with Crippen LogP contribution >= 0.6 is 0 Å². The summed E-state index contributed by atoms with van der Waals surface area (Å²) in [5.41, 5.74) is 1.27. The van der Waals surface area contributed by atoms with Crippen LogP contribution in [0.2, 0.25) is 0 Å². The Kier molecular flexibility index (Phi) is 3.46. The summed E-state index contributed by atoms with van der Waals surface area (Å²) in [6.45, 7) is 0. The number of fused-ring (bicyclic) bond motifs is 2. The molecule has 0 fully saturated rings. The Morgan fingerprint density at radius 2 is 1.88 bits per heavy atom. The molecule has 2 aliphatic heterocycles. The number of allylic oxidation sites excluding steroid dienone is 1. The van der Waals surface area contributed by atoms with Crippen molar-refractivity contribution in [3.05, 3.63) is 75.3 Å². The Bertz CT molecular complexity index is 1110. The summed E-state index contributed by atoms with van der Waals surface area (Å²) in [5, 5.41) is 2.75. The first kappa shape index (κ1) is 15.3. The minimum atomic E-state index is -0.552. The van der Waals surface area contributed by atoms with Crippen molar-refractivity contribution in [2.75, 3.05) is 19.1 Å². The summed E-state index contributed by atoms with van der Waals surface area (Å²) in [4.78, 5) is 30.1. The number of nitrogens with zero attached hydrogens (tertiary/aromatic N) is 4.